The lowest BCUT2D eigenvalue weighted by atomic mass is 10.1. The van der Waals surface area contributed by atoms with Gasteiger partial charge in [-0.05, 0) is 48.5 Å². The van der Waals surface area contributed by atoms with Crippen LogP contribution in [-0.2, 0) is 19.1 Å². The number of halogens is 1. The number of carboxylic acids is 1. The number of nitrogens with one attached hydrogen (secondary N) is 1. The molecule has 11 nitrogen and oxygen atoms in total. The fourth-order valence-electron chi connectivity index (χ4n) is 3.25. The van der Waals surface area contributed by atoms with Gasteiger partial charge < -0.3 is 24.6 Å². The summed E-state index contributed by atoms with van der Waals surface area (Å²) in [4.78, 5) is 62.0. The molecule has 1 heterocycles. The predicted octanol–water partition coefficient (Wildman–Crippen LogP) is 4.05. The molecular weight excluding hydrogens is 540 g/mol. The van der Waals surface area contributed by atoms with Crippen LogP contribution in [0.5, 0.6) is 11.5 Å². The maximum absolute atomic E-state index is 12.9. The number of para-hydroxylation sites is 1. The van der Waals surface area contributed by atoms with E-state index in [-0.39, 0.29) is 39.3 Å². The average molecular weight is 563 g/mol. The summed E-state index contributed by atoms with van der Waals surface area (Å²) in [6, 6.07) is 8.94. The van der Waals surface area contributed by atoms with Crippen molar-refractivity contribution in [2.45, 2.75) is 13.3 Å². The first-order valence-electron chi connectivity index (χ1n) is 11.2. The van der Waals surface area contributed by atoms with Gasteiger partial charge in [-0.1, -0.05) is 30.7 Å². The molecule has 0 aliphatic carbocycles. The third-order valence-electron chi connectivity index (χ3n) is 4.94. The molecule has 1 saturated heterocycles. The van der Waals surface area contributed by atoms with Gasteiger partial charge in [0.15, 0.2) is 18.1 Å². The van der Waals surface area contributed by atoms with E-state index in [2.05, 4.69) is 5.32 Å². The number of ether oxygens (including phenoxy) is 3. The lowest BCUT2D eigenvalue weighted by molar-refractivity contribution is -0.139. The Hall–Kier alpha value is -4.03. The van der Waals surface area contributed by atoms with Gasteiger partial charge in [0.25, 0.3) is 11.1 Å². The molecule has 0 unspecified atom stereocenters. The molecule has 200 valence electrons. The van der Waals surface area contributed by atoms with Crippen molar-refractivity contribution < 1.29 is 43.3 Å². The molecular formula is C25H23ClN2O9S. The zero-order valence-electron chi connectivity index (χ0n) is 20.3. The Kier molecular flexibility index (Phi) is 9.74. The van der Waals surface area contributed by atoms with E-state index in [9.17, 15) is 24.0 Å². The van der Waals surface area contributed by atoms with E-state index in [1.165, 1.54) is 31.4 Å². The van der Waals surface area contributed by atoms with E-state index in [1.54, 1.807) is 18.2 Å². The van der Waals surface area contributed by atoms with E-state index in [0.29, 0.717) is 23.7 Å². The van der Waals surface area contributed by atoms with Gasteiger partial charge in [-0.3, -0.25) is 19.3 Å². The predicted molar refractivity (Wildman–Crippen MR) is 139 cm³/mol. The highest BCUT2D eigenvalue weighted by Crippen LogP contribution is 2.37. The first-order chi connectivity index (χ1) is 18.1. The van der Waals surface area contributed by atoms with Crippen LogP contribution in [0.2, 0.25) is 5.02 Å². The average Bonchev–Trinajstić information content (AvgIpc) is 3.14. The standard InChI is InChI=1S/C25H23ClN2O9S/c1-3-9-36-24(33)16-11-15(7-8-17(16)26)27-20(29)12-28-23(32)19(38-25(28)34)10-14-5-4-6-18(35-2)22(14)37-13-21(30)31/h4-8,10-11H,3,9,12-13H2,1-2H3,(H,27,29)(H,30,31)/b19-10+. The third kappa shape index (κ3) is 7.05. The number of rotatable bonds is 11. The van der Waals surface area contributed by atoms with Crippen LogP contribution in [0.15, 0.2) is 41.3 Å². The molecule has 3 rings (SSSR count). The van der Waals surface area contributed by atoms with E-state index < -0.39 is 42.1 Å². The van der Waals surface area contributed by atoms with Crippen molar-refractivity contribution in [3.63, 3.8) is 0 Å². The van der Waals surface area contributed by atoms with Gasteiger partial charge in [0, 0.05) is 11.3 Å². The number of carbonyl (C=O) groups excluding carboxylic acids is 4. The minimum absolute atomic E-state index is 0.00340. The molecule has 3 amide bonds. The number of thioether (sulfide) groups is 1. The zero-order chi connectivity index (χ0) is 27.8. The number of carbonyl (C=O) groups is 5. The topological polar surface area (TPSA) is 149 Å². The Bertz CT molecular complexity index is 1310. The highest BCUT2D eigenvalue weighted by molar-refractivity contribution is 8.18. The Morgan fingerprint density at radius 1 is 1.18 bits per heavy atom. The van der Waals surface area contributed by atoms with Gasteiger partial charge in [0.2, 0.25) is 5.91 Å². The van der Waals surface area contributed by atoms with E-state index in [1.807, 2.05) is 6.92 Å². The summed E-state index contributed by atoms with van der Waals surface area (Å²) in [7, 11) is 1.37. The summed E-state index contributed by atoms with van der Waals surface area (Å²) in [5, 5.41) is 10.9. The van der Waals surface area contributed by atoms with Crippen LogP contribution < -0.4 is 14.8 Å². The van der Waals surface area contributed by atoms with E-state index >= 15 is 0 Å². The summed E-state index contributed by atoms with van der Waals surface area (Å²) < 4.78 is 15.6. The van der Waals surface area contributed by atoms with Gasteiger partial charge in [-0.15, -0.1) is 0 Å². The minimum Gasteiger partial charge on any atom is -0.493 e. The van der Waals surface area contributed by atoms with Crippen molar-refractivity contribution in [3.8, 4) is 11.5 Å². The maximum Gasteiger partial charge on any atom is 0.341 e. The molecule has 13 heteroatoms. The summed E-state index contributed by atoms with van der Waals surface area (Å²) in [5.74, 6) is -2.94. The van der Waals surface area contributed by atoms with Gasteiger partial charge in [0.05, 0.1) is 29.2 Å². The van der Waals surface area contributed by atoms with Crippen molar-refractivity contribution in [2.24, 2.45) is 0 Å². The van der Waals surface area contributed by atoms with Gasteiger partial charge >= 0.3 is 11.9 Å². The van der Waals surface area contributed by atoms with E-state index in [0.717, 1.165) is 4.90 Å². The maximum atomic E-state index is 12.9. The molecule has 1 aliphatic heterocycles. The largest absolute Gasteiger partial charge is 0.493 e. The van der Waals surface area contributed by atoms with Gasteiger partial charge in [-0.2, -0.15) is 0 Å². The number of nitrogens with zero attached hydrogens (tertiary/aromatic N) is 1. The molecule has 2 N–H and O–H groups in total. The van der Waals surface area contributed by atoms with Crippen molar-refractivity contribution in [1.29, 1.82) is 0 Å². The van der Waals surface area contributed by atoms with Crippen molar-refractivity contribution in [1.82, 2.24) is 4.90 Å². The fourth-order valence-corrected chi connectivity index (χ4v) is 4.27. The molecule has 2 aromatic rings. The number of carboxylic acid groups (broad SMARTS) is 1. The first kappa shape index (κ1) is 28.5. The lowest BCUT2D eigenvalue weighted by Crippen LogP contribution is -2.36. The number of anilines is 1. The third-order valence-corrected chi connectivity index (χ3v) is 6.18. The highest BCUT2D eigenvalue weighted by atomic mass is 35.5. The second kappa shape index (κ2) is 13.0. The summed E-state index contributed by atoms with van der Waals surface area (Å²) in [6.07, 6.45) is 1.98. The lowest BCUT2D eigenvalue weighted by Gasteiger charge is -2.14. The van der Waals surface area contributed by atoms with Crippen molar-refractivity contribution in [2.75, 3.05) is 32.2 Å². The van der Waals surface area contributed by atoms with Crippen molar-refractivity contribution >= 4 is 64.1 Å². The Balaban J connectivity index is 1.74. The summed E-state index contributed by atoms with van der Waals surface area (Å²) in [5.41, 5.74) is 0.595. The molecule has 0 spiro atoms. The number of esters is 1. The van der Waals surface area contributed by atoms with Crippen LogP contribution >= 0.6 is 23.4 Å². The number of hydrogen-bond acceptors (Lipinski definition) is 9. The smallest absolute Gasteiger partial charge is 0.341 e. The molecule has 38 heavy (non-hydrogen) atoms. The molecule has 0 aromatic heterocycles. The summed E-state index contributed by atoms with van der Waals surface area (Å²) in [6.45, 7) is 0.821. The van der Waals surface area contributed by atoms with E-state index in [4.69, 9.17) is 30.9 Å². The van der Waals surface area contributed by atoms with Crippen molar-refractivity contribution in [3.05, 3.63) is 57.5 Å². The van der Waals surface area contributed by atoms with Gasteiger partial charge in [-0.25, -0.2) is 9.59 Å². The quantitative estimate of drug-likeness (QED) is 0.303. The summed E-state index contributed by atoms with van der Waals surface area (Å²) >= 11 is 6.68. The van der Waals surface area contributed by atoms with Crippen LogP contribution in [0.3, 0.4) is 0 Å². The van der Waals surface area contributed by atoms with Crippen LogP contribution in [0.25, 0.3) is 6.08 Å². The second-order valence-corrected chi connectivity index (χ2v) is 9.11. The Morgan fingerprint density at radius 3 is 2.63 bits per heavy atom. The number of methoxy groups -OCH3 is 1. The zero-order valence-corrected chi connectivity index (χ0v) is 21.9. The second-order valence-electron chi connectivity index (χ2n) is 7.71. The highest BCUT2D eigenvalue weighted by Gasteiger charge is 2.36. The normalized spacial score (nSPS) is 14.0. The number of amides is 3. The minimum atomic E-state index is -1.21. The van der Waals surface area contributed by atoms with Crippen LogP contribution in [0.1, 0.15) is 29.3 Å². The first-order valence-corrected chi connectivity index (χ1v) is 12.4. The van der Waals surface area contributed by atoms with Gasteiger partial charge in [0.1, 0.15) is 6.54 Å². The fraction of sp³-hybridized carbons (Fsp3) is 0.240. The molecule has 0 atom stereocenters. The molecule has 0 saturated carbocycles. The number of aliphatic carboxylic acids is 1. The molecule has 0 bridgehead atoms. The number of benzene rings is 2. The monoisotopic (exact) mass is 562 g/mol. The Labute approximate surface area is 226 Å². The van der Waals surface area contributed by atoms with Crippen LogP contribution in [0.4, 0.5) is 10.5 Å². The molecule has 1 aliphatic rings. The SMILES string of the molecule is CCCOC(=O)c1cc(NC(=O)CN2C(=O)S/C(=C/c3cccc(OC)c3OCC(=O)O)C2=O)ccc1Cl. The Morgan fingerprint density at radius 2 is 1.95 bits per heavy atom. The number of hydrogen-bond donors (Lipinski definition) is 2. The molecule has 0 radical (unpaired) electrons. The van der Waals surface area contributed by atoms with Crippen LogP contribution in [-0.4, -0.2) is 65.9 Å². The molecule has 2 aromatic carbocycles. The number of imide groups is 1. The van der Waals surface area contributed by atoms with Crippen LogP contribution in [0, 0.1) is 0 Å². The molecule has 1 fully saturated rings.